The Hall–Kier alpha value is -2.09. The zero-order valence-electron chi connectivity index (χ0n) is 11.6. The van der Waals surface area contributed by atoms with Gasteiger partial charge in [0.05, 0.1) is 16.3 Å². The van der Waals surface area contributed by atoms with Crippen molar-refractivity contribution in [3.05, 3.63) is 65.7 Å². The summed E-state index contributed by atoms with van der Waals surface area (Å²) in [4.78, 5) is 4.02. The first kappa shape index (κ1) is 8.99. The van der Waals surface area contributed by atoms with E-state index in [0.29, 0.717) is 5.56 Å². The van der Waals surface area contributed by atoms with Crippen LogP contribution in [0.25, 0.3) is 0 Å². The molecule has 2 aromatic carbocycles. The quantitative estimate of drug-likeness (QED) is 0.734. The summed E-state index contributed by atoms with van der Waals surface area (Å²) in [7, 11) is 1.61. The van der Waals surface area contributed by atoms with Crippen LogP contribution < -0.4 is 4.74 Å². The van der Waals surface area contributed by atoms with Gasteiger partial charge in [0, 0.05) is 6.21 Å². The number of hydrogen-bond acceptors (Lipinski definition) is 2. The molecule has 0 fully saturated rings. The SMILES string of the molecule is [2H]C([2H])(N=Cc1ccc(OC)cc1)c1ccccc1. The average molecular weight is 227 g/mol. The molecule has 0 atom stereocenters. The zero-order valence-corrected chi connectivity index (χ0v) is 9.63. The van der Waals surface area contributed by atoms with Crippen molar-refractivity contribution in [2.45, 2.75) is 6.50 Å². The minimum atomic E-state index is -1.72. The molecule has 2 heteroatoms. The van der Waals surface area contributed by atoms with Crippen LogP contribution in [-0.2, 0) is 6.50 Å². The molecule has 0 aliphatic rings. The Morgan fingerprint density at radius 2 is 1.82 bits per heavy atom. The summed E-state index contributed by atoms with van der Waals surface area (Å²) >= 11 is 0. The monoisotopic (exact) mass is 227 g/mol. The minimum Gasteiger partial charge on any atom is -0.497 e. The van der Waals surface area contributed by atoms with Crippen LogP contribution in [0.15, 0.2) is 59.6 Å². The molecule has 0 saturated heterocycles. The van der Waals surface area contributed by atoms with E-state index in [0.717, 1.165) is 11.3 Å². The Labute approximate surface area is 104 Å². The van der Waals surface area contributed by atoms with Crippen molar-refractivity contribution in [3.63, 3.8) is 0 Å². The second-order valence-corrected chi connectivity index (χ2v) is 3.51. The highest BCUT2D eigenvalue weighted by molar-refractivity contribution is 5.79. The summed E-state index contributed by atoms with van der Waals surface area (Å²) in [5.74, 6) is 0.767. The van der Waals surface area contributed by atoms with Gasteiger partial charge in [-0.3, -0.25) is 4.99 Å². The Morgan fingerprint density at radius 1 is 1.12 bits per heavy atom. The Morgan fingerprint density at radius 3 is 2.47 bits per heavy atom. The highest BCUT2D eigenvalue weighted by Gasteiger charge is 1.91. The number of benzene rings is 2. The smallest absolute Gasteiger partial charge is 0.118 e. The molecule has 0 bridgehead atoms. The topological polar surface area (TPSA) is 21.6 Å². The second kappa shape index (κ2) is 5.85. The maximum atomic E-state index is 7.94. The van der Waals surface area contributed by atoms with Crippen molar-refractivity contribution in [3.8, 4) is 5.75 Å². The molecule has 0 aliphatic carbocycles. The molecule has 0 saturated carbocycles. The Bertz CT molecular complexity index is 550. The van der Waals surface area contributed by atoms with Crippen LogP contribution in [-0.4, -0.2) is 13.3 Å². The first-order chi connectivity index (χ1) is 9.12. The van der Waals surface area contributed by atoms with Crippen LogP contribution in [0.2, 0.25) is 0 Å². The summed E-state index contributed by atoms with van der Waals surface area (Å²) in [6, 6.07) is 16.2. The molecule has 0 N–H and O–H groups in total. The number of aliphatic imine (C=N–C) groups is 1. The lowest BCUT2D eigenvalue weighted by Crippen LogP contribution is -1.86. The molecule has 0 aromatic heterocycles. The standard InChI is InChI=1S/C15H15NO/c1-17-15-9-7-14(8-10-15)12-16-11-13-5-3-2-4-6-13/h2-10,12H,11H2,1H3/i11D2. The normalized spacial score (nSPS) is 13.2. The highest BCUT2D eigenvalue weighted by atomic mass is 16.5. The summed E-state index contributed by atoms with van der Waals surface area (Å²) in [6.45, 7) is -1.72. The van der Waals surface area contributed by atoms with Gasteiger partial charge in [0.1, 0.15) is 5.75 Å². The molecule has 0 unspecified atom stereocenters. The van der Waals surface area contributed by atoms with Gasteiger partial charge < -0.3 is 4.74 Å². The fourth-order valence-electron chi connectivity index (χ4n) is 1.38. The van der Waals surface area contributed by atoms with E-state index in [1.165, 1.54) is 6.21 Å². The summed E-state index contributed by atoms with van der Waals surface area (Å²) in [6.07, 6.45) is 1.53. The molecule has 0 spiro atoms. The van der Waals surface area contributed by atoms with Crippen molar-refractivity contribution >= 4 is 6.21 Å². The number of rotatable bonds is 4. The van der Waals surface area contributed by atoms with Gasteiger partial charge in [-0.05, 0) is 35.4 Å². The summed E-state index contributed by atoms with van der Waals surface area (Å²) < 4.78 is 20.9. The molecular weight excluding hydrogens is 210 g/mol. The third-order valence-electron chi connectivity index (χ3n) is 2.30. The number of hydrogen-bond donors (Lipinski definition) is 0. The van der Waals surface area contributed by atoms with Crippen LogP contribution in [0, 0.1) is 0 Å². The molecule has 2 aromatic rings. The molecule has 0 heterocycles. The first-order valence-corrected chi connectivity index (χ1v) is 5.36. The fourth-order valence-corrected chi connectivity index (χ4v) is 1.38. The van der Waals surface area contributed by atoms with E-state index in [4.69, 9.17) is 7.48 Å². The van der Waals surface area contributed by atoms with E-state index in [9.17, 15) is 0 Å². The molecule has 2 rings (SSSR count). The van der Waals surface area contributed by atoms with Crippen LogP contribution in [0.1, 0.15) is 13.9 Å². The number of methoxy groups -OCH3 is 1. The van der Waals surface area contributed by atoms with Gasteiger partial charge in [-0.2, -0.15) is 0 Å². The van der Waals surface area contributed by atoms with Gasteiger partial charge in [0.2, 0.25) is 0 Å². The van der Waals surface area contributed by atoms with Crippen molar-refractivity contribution in [1.29, 1.82) is 0 Å². The van der Waals surface area contributed by atoms with Crippen LogP contribution in [0.5, 0.6) is 5.75 Å². The zero-order chi connectivity index (χ0) is 13.7. The number of nitrogens with zero attached hydrogens (tertiary/aromatic N) is 1. The Kier molecular flexibility index (Phi) is 3.09. The predicted molar refractivity (Wildman–Crippen MR) is 70.7 cm³/mol. The first-order valence-electron chi connectivity index (χ1n) is 6.36. The molecule has 0 aliphatic heterocycles. The lowest BCUT2D eigenvalue weighted by atomic mass is 10.2. The molecule has 0 radical (unpaired) electrons. The van der Waals surface area contributed by atoms with E-state index in [2.05, 4.69) is 4.99 Å². The van der Waals surface area contributed by atoms with E-state index < -0.39 is 6.50 Å². The molecule has 0 amide bonds. The van der Waals surface area contributed by atoms with Crippen LogP contribution >= 0.6 is 0 Å². The lowest BCUT2D eigenvalue weighted by Gasteiger charge is -1.99. The molecule has 2 nitrogen and oxygen atoms in total. The van der Waals surface area contributed by atoms with Gasteiger partial charge in [0.25, 0.3) is 0 Å². The van der Waals surface area contributed by atoms with Crippen LogP contribution in [0.4, 0.5) is 0 Å². The predicted octanol–water partition coefficient (Wildman–Crippen LogP) is 3.31. The summed E-state index contributed by atoms with van der Waals surface area (Å²) in [5.41, 5.74) is 1.38. The second-order valence-electron chi connectivity index (χ2n) is 3.51. The summed E-state index contributed by atoms with van der Waals surface area (Å²) in [5, 5.41) is 0. The van der Waals surface area contributed by atoms with Crippen LogP contribution in [0.3, 0.4) is 0 Å². The minimum absolute atomic E-state index is 0.541. The van der Waals surface area contributed by atoms with Gasteiger partial charge in [-0.1, -0.05) is 30.3 Å². The molecular formula is C15H15NO. The van der Waals surface area contributed by atoms with Gasteiger partial charge in [-0.25, -0.2) is 0 Å². The van der Waals surface area contributed by atoms with Gasteiger partial charge in [0.15, 0.2) is 0 Å². The van der Waals surface area contributed by atoms with Crippen molar-refractivity contribution < 1.29 is 7.48 Å². The number of ether oxygens (including phenoxy) is 1. The average Bonchev–Trinajstić information content (AvgIpc) is 2.47. The largest absolute Gasteiger partial charge is 0.497 e. The maximum absolute atomic E-state index is 7.94. The van der Waals surface area contributed by atoms with E-state index >= 15 is 0 Å². The fraction of sp³-hybridized carbons (Fsp3) is 0.133. The molecule has 86 valence electrons. The van der Waals surface area contributed by atoms with Crippen molar-refractivity contribution in [2.75, 3.05) is 7.11 Å². The lowest BCUT2D eigenvalue weighted by molar-refractivity contribution is 0.415. The van der Waals surface area contributed by atoms with Gasteiger partial charge in [-0.15, -0.1) is 0 Å². The highest BCUT2D eigenvalue weighted by Crippen LogP contribution is 2.10. The maximum Gasteiger partial charge on any atom is 0.118 e. The van der Waals surface area contributed by atoms with Crippen molar-refractivity contribution in [1.82, 2.24) is 0 Å². The van der Waals surface area contributed by atoms with E-state index in [-0.39, 0.29) is 0 Å². The van der Waals surface area contributed by atoms with E-state index in [1.807, 2.05) is 30.3 Å². The van der Waals surface area contributed by atoms with E-state index in [1.54, 1.807) is 31.4 Å². The van der Waals surface area contributed by atoms with Gasteiger partial charge >= 0.3 is 0 Å². The molecule has 17 heavy (non-hydrogen) atoms. The third-order valence-corrected chi connectivity index (χ3v) is 2.30. The third kappa shape index (κ3) is 3.45. The Balaban J connectivity index is 2.16. The van der Waals surface area contributed by atoms with Crippen molar-refractivity contribution in [2.24, 2.45) is 4.99 Å².